The minimum atomic E-state index is 0.125. The molecule has 0 aliphatic carbocycles. The van der Waals surface area contributed by atoms with Gasteiger partial charge in [-0.05, 0) is 48.4 Å². The smallest absolute Gasteiger partial charge is 0.167 e. The molecule has 0 unspecified atom stereocenters. The lowest BCUT2D eigenvalue weighted by Crippen LogP contribution is -2.43. The van der Waals surface area contributed by atoms with E-state index in [0.717, 1.165) is 83.2 Å². The van der Waals surface area contributed by atoms with Gasteiger partial charge in [0, 0.05) is 99.7 Å². The highest BCUT2D eigenvalue weighted by molar-refractivity contribution is 5.97. The first-order valence-electron chi connectivity index (χ1n) is 14.8. The average molecular weight is 572 g/mol. The Hall–Kier alpha value is -4.53. The molecule has 0 bridgehead atoms. The van der Waals surface area contributed by atoms with Crippen LogP contribution in [0.4, 0.5) is 0 Å². The highest BCUT2D eigenvalue weighted by atomic mass is 16.1. The second-order valence-corrected chi connectivity index (χ2v) is 11.5. The van der Waals surface area contributed by atoms with Crippen molar-refractivity contribution < 1.29 is 4.79 Å². The van der Waals surface area contributed by atoms with Crippen molar-refractivity contribution in [2.45, 2.75) is 26.3 Å². The van der Waals surface area contributed by atoms with Gasteiger partial charge in [0.2, 0.25) is 0 Å². The molecule has 5 aromatic rings. The number of hydrogen-bond donors (Lipinski definition) is 0. The van der Waals surface area contributed by atoms with E-state index >= 15 is 0 Å². The Kier molecular flexibility index (Phi) is 8.49. The number of nitrogens with zero attached hydrogens (tertiary/aromatic N) is 7. The molecular weight excluding hydrogens is 534 g/mol. The van der Waals surface area contributed by atoms with Gasteiger partial charge in [0.25, 0.3) is 0 Å². The van der Waals surface area contributed by atoms with Crippen LogP contribution in [0.5, 0.6) is 0 Å². The van der Waals surface area contributed by atoms with Crippen molar-refractivity contribution in [3.05, 3.63) is 119 Å². The number of piperazine rings is 1. The van der Waals surface area contributed by atoms with E-state index < -0.39 is 0 Å². The molecule has 4 heterocycles. The van der Waals surface area contributed by atoms with Crippen molar-refractivity contribution in [3.8, 4) is 22.4 Å². The molecule has 8 heteroatoms. The average Bonchev–Trinajstić information content (AvgIpc) is 3.47. The number of carbonyl (C=O) groups is 1. The Balaban J connectivity index is 1.12. The topological polar surface area (TPSA) is 80.0 Å². The zero-order chi connectivity index (χ0) is 29.8. The highest BCUT2D eigenvalue weighted by Gasteiger charge is 2.15. The van der Waals surface area contributed by atoms with Gasteiger partial charge in [0.15, 0.2) is 5.78 Å². The number of hydrogen-bond acceptors (Lipinski definition) is 7. The fourth-order valence-electron chi connectivity index (χ4n) is 5.50. The number of aromatic nitrogens is 5. The first-order valence-corrected chi connectivity index (χ1v) is 14.8. The summed E-state index contributed by atoms with van der Waals surface area (Å²) in [7, 11) is 4.07. The zero-order valence-electron chi connectivity index (χ0n) is 25.1. The van der Waals surface area contributed by atoms with Crippen molar-refractivity contribution in [3.63, 3.8) is 0 Å². The lowest BCUT2D eigenvalue weighted by Gasteiger charge is -2.32. The van der Waals surface area contributed by atoms with Gasteiger partial charge in [-0.2, -0.15) is 5.10 Å². The summed E-state index contributed by atoms with van der Waals surface area (Å²) in [6.07, 6.45) is 10.2. The van der Waals surface area contributed by atoms with E-state index in [2.05, 4.69) is 69.2 Å². The third kappa shape index (κ3) is 7.10. The fourth-order valence-corrected chi connectivity index (χ4v) is 5.50. The number of likely N-dealkylation sites (N-methyl/N-ethyl adjacent to an activating group) is 1. The summed E-state index contributed by atoms with van der Waals surface area (Å²) in [5.41, 5.74) is 9.02. The molecule has 1 saturated heterocycles. The minimum Gasteiger partial charge on any atom is -0.304 e. The molecule has 8 nitrogen and oxygen atoms in total. The van der Waals surface area contributed by atoms with Crippen LogP contribution in [0.1, 0.15) is 38.4 Å². The van der Waals surface area contributed by atoms with Crippen LogP contribution in [0.25, 0.3) is 22.4 Å². The van der Waals surface area contributed by atoms with E-state index in [9.17, 15) is 4.79 Å². The second kappa shape index (κ2) is 12.8. The lowest BCUT2D eigenvalue weighted by molar-refractivity contribution is 0.0993. The van der Waals surface area contributed by atoms with Gasteiger partial charge < -0.3 is 4.90 Å². The molecule has 1 fully saturated rings. The molecule has 218 valence electrons. The van der Waals surface area contributed by atoms with Crippen molar-refractivity contribution >= 4 is 5.78 Å². The maximum Gasteiger partial charge on any atom is 0.167 e. The molecule has 0 spiro atoms. The number of carbonyl (C=O) groups excluding carboxylic acids is 1. The molecule has 2 aromatic carbocycles. The quantitative estimate of drug-likeness (QED) is 0.230. The molecular formula is C35H37N7O. The first-order chi connectivity index (χ1) is 20.9. The highest BCUT2D eigenvalue weighted by Crippen LogP contribution is 2.24. The SMILES string of the molecule is Cc1ccc(CC(=O)c2ccc(CN3CCN(C)CC3)cc2)cc1Cc1nccc(-c2cncc(-c3cnn(C)c3)c2)n1. The normalized spacial score (nSPS) is 14.2. The number of aryl methyl sites for hydroxylation is 2. The van der Waals surface area contributed by atoms with E-state index in [0.29, 0.717) is 12.8 Å². The Morgan fingerprint density at radius 1 is 0.837 bits per heavy atom. The Morgan fingerprint density at radius 3 is 2.37 bits per heavy atom. The third-order valence-electron chi connectivity index (χ3n) is 8.18. The first kappa shape index (κ1) is 28.6. The minimum absolute atomic E-state index is 0.125. The van der Waals surface area contributed by atoms with Gasteiger partial charge in [0.05, 0.1) is 11.9 Å². The van der Waals surface area contributed by atoms with Crippen LogP contribution in [0.2, 0.25) is 0 Å². The van der Waals surface area contributed by atoms with E-state index in [1.54, 1.807) is 10.9 Å². The summed E-state index contributed by atoms with van der Waals surface area (Å²) in [5.74, 6) is 0.854. The van der Waals surface area contributed by atoms with Gasteiger partial charge in [-0.3, -0.25) is 19.4 Å². The van der Waals surface area contributed by atoms with E-state index in [4.69, 9.17) is 4.98 Å². The number of Topliss-reactive ketones (excluding diaryl/α,β-unsaturated/α-hetero) is 1. The summed E-state index contributed by atoms with van der Waals surface area (Å²) in [4.78, 5) is 31.9. The van der Waals surface area contributed by atoms with Crippen LogP contribution >= 0.6 is 0 Å². The van der Waals surface area contributed by atoms with E-state index in [1.165, 1.54) is 5.56 Å². The second-order valence-electron chi connectivity index (χ2n) is 11.5. The maximum atomic E-state index is 13.2. The van der Waals surface area contributed by atoms with Crippen molar-refractivity contribution in [2.75, 3.05) is 33.2 Å². The molecule has 0 amide bonds. The molecule has 0 radical (unpaired) electrons. The van der Waals surface area contributed by atoms with Crippen LogP contribution < -0.4 is 0 Å². The van der Waals surface area contributed by atoms with Crippen molar-refractivity contribution in [2.24, 2.45) is 7.05 Å². The van der Waals surface area contributed by atoms with Gasteiger partial charge in [0.1, 0.15) is 5.82 Å². The molecule has 43 heavy (non-hydrogen) atoms. The number of pyridine rings is 1. The Labute approximate surface area is 253 Å². The molecule has 1 aliphatic rings. The monoisotopic (exact) mass is 571 g/mol. The summed E-state index contributed by atoms with van der Waals surface area (Å²) in [6, 6.07) is 18.4. The summed E-state index contributed by atoms with van der Waals surface area (Å²) < 4.78 is 1.78. The molecule has 0 saturated carbocycles. The van der Waals surface area contributed by atoms with Crippen LogP contribution in [0.15, 0.2) is 85.6 Å². The predicted molar refractivity (Wildman–Crippen MR) is 169 cm³/mol. The molecule has 0 atom stereocenters. The lowest BCUT2D eigenvalue weighted by atomic mass is 9.97. The van der Waals surface area contributed by atoms with Gasteiger partial charge in [-0.15, -0.1) is 0 Å². The van der Waals surface area contributed by atoms with E-state index in [-0.39, 0.29) is 5.78 Å². The zero-order valence-corrected chi connectivity index (χ0v) is 25.1. The Bertz CT molecular complexity index is 1720. The summed E-state index contributed by atoms with van der Waals surface area (Å²) in [5, 5.41) is 4.27. The number of benzene rings is 2. The summed E-state index contributed by atoms with van der Waals surface area (Å²) >= 11 is 0. The van der Waals surface area contributed by atoms with Crippen molar-refractivity contribution in [1.82, 2.24) is 34.5 Å². The molecule has 6 rings (SSSR count). The van der Waals surface area contributed by atoms with Gasteiger partial charge in [-0.1, -0.05) is 42.5 Å². The van der Waals surface area contributed by atoms with Crippen LogP contribution in [0, 0.1) is 6.92 Å². The summed E-state index contributed by atoms with van der Waals surface area (Å²) in [6.45, 7) is 7.39. The molecule has 3 aromatic heterocycles. The maximum absolute atomic E-state index is 13.2. The number of ketones is 1. The van der Waals surface area contributed by atoms with Crippen LogP contribution in [0.3, 0.4) is 0 Å². The molecule has 0 N–H and O–H groups in total. The fraction of sp³-hybridized carbons (Fsp3) is 0.286. The van der Waals surface area contributed by atoms with Crippen molar-refractivity contribution in [1.29, 1.82) is 0 Å². The van der Waals surface area contributed by atoms with Crippen LogP contribution in [-0.4, -0.2) is 73.5 Å². The predicted octanol–water partition coefficient (Wildman–Crippen LogP) is 5.01. The van der Waals surface area contributed by atoms with Gasteiger partial charge in [-0.25, -0.2) is 9.97 Å². The van der Waals surface area contributed by atoms with Gasteiger partial charge >= 0.3 is 0 Å². The van der Waals surface area contributed by atoms with Crippen LogP contribution in [-0.2, 0) is 26.4 Å². The molecule has 1 aliphatic heterocycles. The van der Waals surface area contributed by atoms with E-state index in [1.807, 2.05) is 56.1 Å². The third-order valence-corrected chi connectivity index (χ3v) is 8.18. The standard InChI is InChI=1S/C35H37N7O/c1-25-4-5-27(17-34(43)28-8-6-26(7-9-28)23-42-14-12-40(2)13-15-42)16-29(25)19-35-37-11-10-33(39-35)31-18-30(20-36-21-31)32-22-38-41(3)24-32/h4-11,16,18,20-22,24H,12-15,17,19,23H2,1-3H3. The number of rotatable bonds is 9. The Morgan fingerprint density at radius 2 is 1.60 bits per heavy atom. The largest absolute Gasteiger partial charge is 0.304 e.